The molecule has 0 saturated heterocycles. The molecular weight excluding hydrogens is 567 g/mol. The Balaban J connectivity index is 1.04. The van der Waals surface area contributed by atoms with Crippen LogP contribution in [0.2, 0.25) is 0 Å². The van der Waals surface area contributed by atoms with E-state index in [0.29, 0.717) is 12.5 Å². The Labute approximate surface area is 266 Å². The number of para-hydroxylation sites is 2. The van der Waals surface area contributed by atoms with Gasteiger partial charge in [-0.25, -0.2) is 0 Å². The quantitative estimate of drug-likeness (QED) is 0.193. The van der Waals surface area contributed by atoms with Crippen molar-refractivity contribution in [1.29, 1.82) is 0 Å². The Morgan fingerprint density at radius 3 is 2.38 bits per heavy atom. The highest BCUT2D eigenvalue weighted by Crippen LogP contribution is 2.50. The summed E-state index contributed by atoms with van der Waals surface area (Å²) in [5.41, 5.74) is 17.0. The number of thiophene rings is 1. The van der Waals surface area contributed by atoms with Gasteiger partial charge in [-0.05, 0) is 81.8 Å². The maximum Gasteiger partial charge on any atom is 0.0812 e. The van der Waals surface area contributed by atoms with E-state index < -0.39 is 0 Å². The van der Waals surface area contributed by atoms with Crippen LogP contribution in [0.25, 0.3) is 59.5 Å². The van der Waals surface area contributed by atoms with E-state index in [2.05, 4.69) is 144 Å². The number of aromatic nitrogens is 1. The van der Waals surface area contributed by atoms with Gasteiger partial charge in [-0.1, -0.05) is 97.9 Å². The molecule has 0 bridgehead atoms. The Morgan fingerprint density at radius 2 is 1.49 bits per heavy atom. The molecule has 4 heteroatoms. The fourth-order valence-corrected chi connectivity index (χ4v) is 8.73. The van der Waals surface area contributed by atoms with Gasteiger partial charge in [0.25, 0.3) is 0 Å². The first-order valence-corrected chi connectivity index (χ1v) is 16.6. The van der Waals surface area contributed by atoms with Crippen LogP contribution in [-0.4, -0.2) is 4.57 Å². The van der Waals surface area contributed by atoms with Crippen molar-refractivity contribution in [3.8, 4) is 16.8 Å². The molecule has 218 valence electrons. The van der Waals surface area contributed by atoms with Gasteiger partial charge >= 0.3 is 0 Å². The minimum absolute atomic E-state index is 0.279. The molecule has 9 rings (SSSR count). The van der Waals surface area contributed by atoms with Gasteiger partial charge in [0.1, 0.15) is 0 Å². The van der Waals surface area contributed by atoms with Gasteiger partial charge < -0.3 is 10.3 Å². The van der Waals surface area contributed by atoms with Gasteiger partial charge in [-0.15, -0.1) is 11.3 Å². The monoisotopic (exact) mass is 599 g/mol. The zero-order chi connectivity index (χ0) is 30.1. The molecule has 1 aliphatic carbocycles. The van der Waals surface area contributed by atoms with Crippen molar-refractivity contribution < 1.29 is 0 Å². The molecule has 2 heterocycles. The molecule has 2 atom stereocenters. The molecule has 1 aliphatic rings. The smallest absolute Gasteiger partial charge is 0.0812 e. The van der Waals surface area contributed by atoms with Crippen LogP contribution in [0.3, 0.4) is 0 Å². The first kappa shape index (κ1) is 26.6. The number of hydrogen-bond acceptors (Lipinski definition) is 3. The molecule has 0 radical (unpaired) electrons. The summed E-state index contributed by atoms with van der Waals surface area (Å²) in [7, 11) is 0. The summed E-state index contributed by atoms with van der Waals surface area (Å²) in [6.45, 7) is 3.05. The second-order valence-electron chi connectivity index (χ2n) is 12.4. The molecular formula is C41H33N3S. The van der Waals surface area contributed by atoms with Crippen LogP contribution in [0.1, 0.15) is 40.6 Å². The van der Waals surface area contributed by atoms with Crippen molar-refractivity contribution in [2.75, 3.05) is 0 Å². The Kier molecular flexibility index (Phi) is 6.17. The van der Waals surface area contributed by atoms with E-state index in [1.165, 1.54) is 75.5 Å². The van der Waals surface area contributed by atoms with Crippen LogP contribution in [0.4, 0.5) is 0 Å². The number of nitrogens with one attached hydrogen (secondary N) is 1. The van der Waals surface area contributed by atoms with E-state index in [1.54, 1.807) is 0 Å². The van der Waals surface area contributed by atoms with E-state index in [0.717, 1.165) is 12.0 Å². The molecule has 0 aliphatic heterocycles. The Morgan fingerprint density at radius 1 is 0.733 bits per heavy atom. The SMILES string of the molecule is CC1Cc2ccc3cc(C(N)NCc4ccc5c6ccccc6n(-c6ccccc6)c5c4)ccc3c2-c2c1sc1ccccc21. The van der Waals surface area contributed by atoms with Gasteiger partial charge in [0, 0.05) is 43.5 Å². The number of rotatable bonds is 5. The standard InChI is InChI=1S/C41H33N3S/c1-25-21-28-17-16-27-23-29(18-20-31(27)38(28)39-34-12-6-8-14-37(34)45-40(25)39)41(42)43-24-26-15-19-33-32-11-5-7-13-35(32)44(36(33)22-26)30-9-3-2-4-10-30/h2-20,22-23,25,41,43H,21,24,42H2,1H3. The predicted molar refractivity (Wildman–Crippen MR) is 191 cm³/mol. The molecule has 45 heavy (non-hydrogen) atoms. The lowest BCUT2D eigenvalue weighted by atomic mass is 9.81. The highest BCUT2D eigenvalue weighted by molar-refractivity contribution is 7.19. The molecule has 3 nitrogen and oxygen atoms in total. The van der Waals surface area contributed by atoms with Crippen LogP contribution in [0.15, 0.2) is 127 Å². The van der Waals surface area contributed by atoms with Crippen molar-refractivity contribution in [2.45, 2.75) is 32.0 Å². The number of nitrogens with two attached hydrogens (primary N) is 1. The van der Waals surface area contributed by atoms with E-state index in [9.17, 15) is 0 Å². The van der Waals surface area contributed by atoms with Crippen LogP contribution >= 0.6 is 11.3 Å². The van der Waals surface area contributed by atoms with Gasteiger partial charge in [0.05, 0.1) is 17.2 Å². The van der Waals surface area contributed by atoms with Crippen LogP contribution in [0.5, 0.6) is 0 Å². The Hall–Kier alpha value is -4.74. The Bertz CT molecular complexity index is 2400. The number of nitrogens with zero attached hydrogens (tertiary/aromatic N) is 1. The zero-order valence-electron chi connectivity index (χ0n) is 25.1. The fraction of sp³-hybridized carbons (Fsp3) is 0.122. The van der Waals surface area contributed by atoms with Crippen molar-refractivity contribution >= 4 is 54.0 Å². The summed E-state index contributed by atoms with van der Waals surface area (Å²) >= 11 is 1.96. The van der Waals surface area contributed by atoms with Crippen LogP contribution in [0, 0.1) is 0 Å². The van der Waals surface area contributed by atoms with E-state index in [-0.39, 0.29) is 6.17 Å². The van der Waals surface area contributed by atoms with E-state index in [4.69, 9.17) is 5.73 Å². The lowest BCUT2D eigenvalue weighted by molar-refractivity contribution is 0.553. The molecule has 8 aromatic rings. The second-order valence-corrected chi connectivity index (χ2v) is 13.5. The summed E-state index contributed by atoms with van der Waals surface area (Å²) in [6.07, 6.45) is 0.806. The van der Waals surface area contributed by atoms with Gasteiger partial charge in [0.15, 0.2) is 0 Å². The van der Waals surface area contributed by atoms with Gasteiger partial charge in [0.2, 0.25) is 0 Å². The van der Waals surface area contributed by atoms with Crippen LogP contribution in [-0.2, 0) is 13.0 Å². The average molecular weight is 600 g/mol. The molecule has 0 saturated carbocycles. The van der Waals surface area contributed by atoms with Crippen molar-refractivity contribution in [3.63, 3.8) is 0 Å². The lowest BCUT2D eigenvalue weighted by Crippen LogP contribution is -2.28. The molecule has 0 fully saturated rings. The highest BCUT2D eigenvalue weighted by atomic mass is 32.1. The maximum absolute atomic E-state index is 6.80. The van der Waals surface area contributed by atoms with Crippen molar-refractivity contribution in [3.05, 3.63) is 149 Å². The topological polar surface area (TPSA) is 43.0 Å². The summed E-state index contributed by atoms with van der Waals surface area (Å²) in [4.78, 5) is 1.52. The van der Waals surface area contributed by atoms with E-state index in [1.807, 2.05) is 11.3 Å². The third-order valence-electron chi connectivity index (χ3n) is 9.61. The molecule has 2 aromatic heterocycles. The zero-order valence-corrected chi connectivity index (χ0v) is 25.9. The molecule has 0 spiro atoms. The fourth-order valence-electron chi connectivity index (χ4n) is 7.47. The first-order chi connectivity index (χ1) is 22.1. The minimum atomic E-state index is -0.279. The molecule has 0 amide bonds. The predicted octanol–water partition coefficient (Wildman–Crippen LogP) is 10.2. The van der Waals surface area contributed by atoms with Crippen LogP contribution < -0.4 is 11.1 Å². The van der Waals surface area contributed by atoms with Gasteiger partial charge in [-0.2, -0.15) is 0 Å². The van der Waals surface area contributed by atoms with E-state index >= 15 is 0 Å². The number of benzene rings is 6. The summed E-state index contributed by atoms with van der Waals surface area (Å²) in [6, 6.07) is 46.3. The van der Waals surface area contributed by atoms with Crippen molar-refractivity contribution in [2.24, 2.45) is 5.73 Å². The number of fused-ring (bicyclic) bond motifs is 10. The largest absolute Gasteiger partial charge is 0.312 e. The maximum atomic E-state index is 6.80. The summed E-state index contributed by atoms with van der Waals surface area (Å²) < 4.78 is 3.74. The normalized spacial score (nSPS) is 15.1. The average Bonchev–Trinajstić information content (AvgIpc) is 3.64. The third kappa shape index (κ3) is 4.25. The van der Waals surface area contributed by atoms with Gasteiger partial charge in [-0.3, -0.25) is 5.32 Å². The lowest BCUT2D eigenvalue weighted by Gasteiger charge is -2.24. The molecule has 2 unspecified atom stereocenters. The third-order valence-corrected chi connectivity index (χ3v) is 11.0. The van der Waals surface area contributed by atoms with Crippen molar-refractivity contribution in [1.82, 2.24) is 9.88 Å². The first-order valence-electron chi connectivity index (χ1n) is 15.8. The summed E-state index contributed by atoms with van der Waals surface area (Å²) in [5.74, 6) is 0.535. The summed E-state index contributed by atoms with van der Waals surface area (Å²) in [5, 5.41) is 10.1. The number of hydrogen-bond donors (Lipinski definition) is 2. The second kappa shape index (κ2) is 10.4. The highest BCUT2D eigenvalue weighted by Gasteiger charge is 2.27. The molecule has 3 N–H and O–H groups in total. The minimum Gasteiger partial charge on any atom is -0.312 e. The molecule has 6 aromatic carbocycles.